The van der Waals surface area contributed by atoms with Crippen LogP contribution in [0.1, 0.15) is 21.5 Å². The molecular weight excluding hydrogens is 436 g/mol. The number of rotatable bonds is 8. The zero-order valence-electron chi connectivity index (χ0n) is 18.6. The van der Waals surface area contributed by atoms with Crippen LogP contribution in [0.3, 0.4) is 0 Å². The first kappa shape index (κ1) is 22.6. The van der Waals surface area contributed by atoms with Crippen molar-refractivity contribution >= 4 is 28.4 Å². The van der Waals surface area contributed by atoms with Crippen LogP contribution in [0.2, 0.25) is 5.15 Å². The van der Waals surface area contributed by atoms with Crippen molar-refractivity contribution in [1.82, 2.24) is 9.88 Å². The van der Waals surface area contributed by atoms with E-state index in [9.17, 15) is 4.79 Å². The number of aromatic nitrogens is 1. The van der Waals surface area contributed by atoms with Crippen molar-refractivity contribution in [2.45, 2.75) is 13.0 Å². The number of hydrogen-bond donors (Lipinski definition) is 0. The van der Waals surface area contributed by atoms with Crippen LogP contribution < -0.4 is 9.47 Å². The van der Waals surface area contributed by atoms with Crippen molar-refractivity contribution in [3.8, 4) is 11.5 Å². The first-order chi connectivity index (χ1) is 16.1. The molecule has 33 heavy (non-hydrogen) atoms. The van der Waals surface area contributed by atoms with E-state index in [1.54, 1.807) is 14.2 Å². The molecule has 0 N–H and O–H groups in total. The Hall–Kier alpha value is -3.57. The average molecular weight is 461 g/mol. The number of amides is 1. The lowest BCUT2D eigenvalue weighted by molar-refractivity contribution is 0.0745. The molecule has 0 saturated carbocycles. The second-order valence-electron chi connectivity index (χ2n) is 7.66. The van der Waals surface area contributed by atoms with Gasteiger partial charge in [-0.1, -0.05) is 54.1 Å². The number of fused-ring (bicyclic) bond motifs is 1. The summed E-state index contributed by atoms with van der Waals surface area (Å²) in [5.41, 5.74) is 3.32. The number of hydrogen-bond acceptors (Lipinski definition) is 4. The Morgan fingerprint density at radius 2 is 1.64 bits per heavy atom. The van der Waals surface area contributed by atoms with E-state index >= 15 is 0 Å². The van der Waals surface area contributed by atoms with Gasteiger partial charge in [0.05, 0.1) is 19.7 Å². The van der Waals surface area contributed by atoms with Gasteiger partial charge in [-0.25, -0.2) is 4.98 Å². The van der Waals surface area contributed by atoms with E-state index in [4.69, 9.17) is 21.1 Å². The molecule has 6 heteroatoms. The fraction of sp³-hybridized carbons (Fsp3) is 0.185. The summed E-state index contributed by atoms with van der Waals surface area (Å²) < 4.78 is 10.8. The molecule has 0 atom stereocenters. The number of halogens is 1. The summed E-state index contributed by atoms with van der Waals surface area (Å²) in [6.07, 6.45) is 0.650. The van der Waals surface area contributed by atoms with Gasteiger partial charge in [0, 0.05) is 29.6 Å². The normalized spacial score (nSPS) is 10.8. The van der Waals surface area contributed by atoms with Gasteiger partial charge in [-0.2, -0.15) is 0 Å². The van der Waals surface area contributed by atoms with E-state index in [1.807, 2.05) is 83.8 Å². The van der Waals surface area contributed by atoms with E-state index in [1.165, 1.54) is 0 Å². The first-order valence-corrected chi connectivity index (χ1v) is 11.1. The topological polar surface area (TPSA) is 51.7 Å². The van der Waals surface area contributed by atoms with E-state index in [0.29, 0.717) is 41.7 Å². The summed E-state index contributed by atoms with van der Waals surface area (Å²) in [6.45, 7) is 0.865. The molecule has 4 aromatic rings. The molecule has 0 aliphatic carbocycles. The number of nitrogens with zero attached hydrogens (tertiary/aromatic N) is 2. The van der Waals surface area contributed by atoms with Crippen molar-refractivity contribution in [1.29, 1.82) is 0 Å². The summed E-state index contributed by atoms with van der Waals surface area (Å²) in [5, 5.41) is 1.40. The van der Waals surface area contributed by atoms with Crippen LogP contribution >= 0.6 is 11.6 Å². The Morgan fingerprint density at radius 3 is 2.39 bits per heavy atom. The molecule has 0 saturated heterocycles. The molecular formula is C27H25ClN2O3. The van der Waals surface area contributed by atoms with Crippen molar-refractivity contribution in [2.75, 3.05) is 20.8 Å². The summed E-state index contributed by atoms with van der Waals surface area (Å²) in [4.78, 5) is 19.7. The highest BCUT2D eigenvalue weighted by Gasteiger charge is 2.18. The lowest BCUT2D eigenvalue weighted by Crippen LogP contribution is -2.32. The lowest BCUT2D eigenvalue weighted by atomic mass is 10.1. The first-order valence-electron chi connectivity index (χ1n) is 10.7. The Morgan fingerprint density at radius 1 is 0.909 bits per heavy atom. The number of methoxy groups -OCH3 is 2. The maximum absolute atomic E-state index is 13.4. The number of carbonyl (C=O) groups excluding carboxylic acids is 1. The molecule has 3 aromatic carbocycles. The van der Waals surface area contributed by atoms with Gasteiger partial charge in [0.25, 0.3) is 5.91 Å². The minimum absolute atomic E-state index is 0.0553. The second-order valence-corrected chi connectivity index (χ2v) is 8.02. The quantitative estimate of drug-likeness (QED) is 0.312. The molecule has 1 amide bonds. The zero-order valence-corrected chi connectivity index (χ0v) is 19.4. The van der Waals surface area contributed by atoms with Crippen LogP contribution in [0, 0.1) is 0 Å². The van der Waals surface area contributed by atoms with Crippen LogP contribution in [0.25, 0.3) is 10.9 Å². The van der Waals surface area contributed by atoms with E-state index < -0.39 is 0 Å². The summed E-state index contributed by atoms with van der Waals surface area (Å²) in [6, 6.07) is 24.9. The Bertz CT molecular complexity index is 1260. The van der Waals surface area contributed by atoms with Gasteiger partial charge in [-0.15, -0.1) is 0 Å². The van der Waals surface area contributed by atoms with Gasteiger partial charge in [-0.3, -0.25) is 4.79 Å². The third-order valence-electron chi connectivity index (χ3n) is 5.54. The fourth-order valence-electron chi connectivity index (χ4n) is 3.77. The van der Waals surface area contributed by atoms with Gasteiger partial charge in [0.1, 0.15) is 5.15 Å². The van der Waals surface area contributed by atoms with E-state index in [2.05, 4.69) is 4.98 Å². The summed E-state index contributed by atoms with van der Waals surface area (Å²) >= 11 is 6.51. The molecule has 1 heterocycles. The monoisotopic (exact) mass is 460 g/mol. The van der Waals surface area contributed by atoms with Gasteiger partial charge in [0.15, 0.2) is 11.5 Å². The molecule has 168 valence electrons. The number of carbonyl (C=O) groups is 1. The minimum Gasteiger partial charge on any atom is -0.493 e. The Balaban J connectivity index is 1.61. The predicted octanol–water partition coefficient (Wildman–Crippen LogP) is 5.79. The standard InChI is InChI=1S/C27H25ClN2O3/c1-32-24-13-12-19(16-25(24)33-2)14-15-30(27(31)20-8-4-3-5-9-20)18-22-17-21-10-6-7-11-23(21)29-26(22)28/h3-13,16-17H,14-15,18H2,1-2H3. The van der Waals surface area contributed by atoms with Gasteiger partial charge >= 0.3 is 0 Å². The molecule has 0 aliphatic heterocycles. The smallest absolute Gasteiger partial charge is 0.254 e. The maximum Gasteiger partial charge on any atom is 0.254 e. The highest BCUT2D eigenvalue weighted by molar-refractivity contribution is 6.30. The molecule has 0 bridgehead atoms. The van der Waals surface area contributed by atoms with Gasteiger partial charge < -0.3 is 14.4 Å². The average Bonchev–Trinajstić information content (AvgIpc) is 2.86. The molecule has 0 fully saturated rings. The summed E-state index contributed by atoms with van der Waals surface area (Å²) in [5.74, 6) is 1.28. The molecule has 0 spiro atoms. The van der Waals surface area contributed by atoms with E-state index in [0.717, 1.165) is 22.0 Å². The molecule has 5 nitrogen and oxygen atoms in total. The lowest BCUT2D eigenvalue weighted by Gasteiger charge is -2.24. The third-order valence-corrected chi connectivity index (χ3v) is 5.86. The van der Waals surface area contributed by atoms with Crippen molar-refractivity contribution < 1.29 is 14.3 Å². The molecule has 1 aromatic heterocycles. The molecule has 0 unspecified atom stereocenters. The molecule has 4 rings (SSSR count). The second kappa shape index (κ2) is 10.4. The molecule has 0 aliphatic rings. The van der Waals surface area contributed by atoms with Crippen LogP contribution in [0.15, 0.2) is 78.9 Å². The van der Waals surface area contributed by atoms with Crippen LogP contribution in [0.4, 0.5) is 0 Å². The van der Waals surface area contributed by atoms with Crippen molar-refractivity contribution in [3.63, 3.8) is 0 Å². The van der Waals surface area contributed by atoms with Crippen LogP contribution in [-0.2, 0) is 13.0 Å². The SMILES string of the molecule is COc1ccc(CCN(Cc2cc3ccccc3nc2Cl)C(=O)c2ccccc2)cc1OC. The third kappa shape index (κ3) is 5.26. The largest absolute Gasteiger partial charge is 0.493 e. The van der Waals surface area contributed by atoms with Crippen LogP contribution in [-0.4, -0.2) is 36.6 Å². The number of ether oxygens (including phenoxy) is 2. The highest BCUT2D eigenvalue weighted by atomic mass is 35.5. The van der Waals surface area contributed by atoms with Gasteiger partial charge in [-0.05, 0) is 48.4 Å². The number of pyridine rings is 1. The van der Waals surface area contributed by atoms with Crippen molar-refractivity contribution in [2.24, 2.45) is 0 Å². The zero-order chi connectivity index (χ0) is 23.2. The molecule has 0 radical (unpaired) electrons. The maximum atomic E-state index is 13.4. The number of benzene rings is 3. The highest BCUT2D eigenvalue weighted by Crippen LogP contribution is 2.28. The number of para-hydroxylation sites is 1. The van der Waals surface area contributed by atoms with Crippen molar-refractivity contribution in [3.05, 3.63) is 101 Å². The Labute approximate surface area is 198 Å². The van der Waals surface area contributed by atoms with Crippen LogP contribution in [0.5, 0.6) is 11.5 Å². The summed E-state index contributed by atoms with van der Waals surface area (Å²) in [7, 11) is 3.22. The van der Waals surface area contributed by atoms with Gasteiger partial charge in [0.2, 0.25) is 0 Å². The Kier molecular flexibility index (Phi) is 7.10. The fourth-order valence-corrected chi connectivity index (χ4v) is 3.97. The predicted molar refractivity (Wildman–Crippen MR) is 131 cm³/mol. The van der Waals surface area contributed by atoms with E-state index in [-0.39, 0.29) is 5.91 Å². The minimum atomic E-state index is -0.0553.